The highest BCUT2D eigenvalue weighted by Crippen LogP contribution is 2.37. The lowest BCUT2D eigenvalue weighted by Crippen LogP contribution is -2.05. The van der Waals surface area contributed by atoms with Crippen LogP contribution >= 0.6 is 0 Å². The number of methoxy groups -OCH3 is 1. The molecule has 0 unspecified atom stereocenters. The molecule has 5 aromatic rings. The maximum Gasteiger partial charge on any atom is 0.145 e. The van der Waals surface area contributed by atoms with Gasteiger partial charge in [0.15, 0.2) is 0 Å². The van der Waals surface area contributed by atoms with Gasteiger partial charge in [0.25, 0.3) is 0 Å². The van der Waals surface area contributed by atoms with Gasteiger partial charge in [-0.25, -0.2) is 4.98 Å². The molecule has 0 aliphatic rings. The van der Waals surface area contributed by atoms with Gasteiger partial charge in [0.2, 0.25) is 0 Å². The Balaban J connectivity index is 1.91. The van der Waals surface area contributed by atoms with Crippen molar-refractivity contribution in [2.45, 2.75) is 40.5 Å². The van der Waals surface area contributed by atoms with E-state index < -0.39 is 0 Å². The van der Waals surface area contributed by atoms with Gasteiger partial charge in [-0.3, -0.25) is 4.40 Å². The number of hydrogen-bond acceptors (Lipinski definition) is 2. The molecule has 2 aromatic heterocycles. The van der Waals surface area contributed by atoms with Crippen molar-refractivity contribution in [1.29, 1.82) is 0 Å². The van der Waals surface area contributed by atoms with Crippen LogP contribution in [0.4, 0.5) is 0 Å². The highest BCUT2D eigenvalue weighted by atomic mass is 16.5. The SMILES string of the molecule is COc1ccc2c3ccccc3n3c(-c4c(CC(C)C)cccc4CC(C)C)cnc3c2c1. The normalized spacial score (nSPS) is 12.0. The number of para-hydroxylation sites is 1. The zero-order valence-electron chi connectivity index (χ0n) is 20.2. The summed E-state index contributed by atoms with van der Waals surface area (Å²) in [5.74, 6) is 2.02. The Hall–Kier alpha value is -3.33. The van der Waals surface area contributed by atoms with Crippen LogP contribution in [0.5, 0.6) is 5.75 Å². The summed E-state index contributed by atoms with van der Waals surface area (Å²) in [6.07, 6.45) is 4.17. The van der Waals surface area contributed by atoms with Crippen molar-refractivity contribution in [2.24, 2.45) is 11.8 Å². The minimum absolute atomic E-state index is 0.582. The van der Waals surface area contributed by atoms with Gasteiger partial charge in [-0.1, -0.05) is 64.1 Å². The van der Waals surface area contributed by atoms with Crippen LogP contribution in [0.15, 0.2) is 66.9 Å². The minimum atomic E-state index is 0.582. The molecule has 3 aromatic carbocycles. The summed E-state index contributed by atoms with van der Waals surface area (Å²) in [5, 5.41) is 3.55. The number of rotatable bonds is 6. The molecule has 3 heteroatoms. The number of aromatic nitrogens is 2. The van der Waals surface area contributed by atoms with Crippen LogP contribution in [0, 0.1) is 11.8 Å². The van der Waals surface area contributed by atoms with Gasteiger partial charge in [0, 0.05) is 16.3 Å². The third kappa shape index (κ3) is 3.76. The first-order valence-electron chi connectivity index (χ1n) is 11.9. The number of nitrogens with zero attached hydrogens (tertiary/aromatic N) is 2. The first-order chi connectivity index (χ1) is 16.0. The first kappa shape index (κ1) is 21.5. The van der Waals surface area contributed by atoms with Crippen LogP contribution in [-0.4, -0.2) is 16.5 Å². The Morgan fingerprint density at radius 3 is 2.15 bits per heavy atom. The maximum atomic E-state index is 5.56. The Morgan fingerprint density at radius 1 is 0.788 bits per heavy atom. The van der Waals surface area contributed by atoms with Crippen LogP contribution in [0.25, 0.3) is 38.6 Å². The molecule has 0 aliphatic carbocycles. The number of ether oxygens (including phenoxy) is 1. The molecule has 0 bridgehead atoms. The Labute approximate surface area is 196 Å². The van der Waals surface area contributed by atoms with Gasteiger partial charge < -0.3 is 4.74 Å². The Bertz CT molecular complexity index is 1430. The number of benzene rings is 3. The highest BCUT2D eigenvalue weighted by molar-refractivity contribution is 6.12. The fraction of sp³-hybridized carbons (Fsp3) is 0.300. The molecular formula is C30H32N2O. The minimum Gasteiger partial charge on any atom is -0.497 e. The lowest BCUT2D eigenvalue weighted by molar-refractivity contribution is 0.415. The van der Waals surface area contributed by atoms with E-state index in [4.69, 9.17) is 9.72 Å². The van der Waals surface area contributed by atoms with Gasteiger partial charge in [-0.2, -0.15) is 0 Å². The summed E-state index contributed by atoms with van der Waals surface area (Å²) in [6.45, 7) is 9.18. The molecule has 0 fully saturated rings. The predicted molar refractivity (Wildman–Crippen MR) is 139 cm³/mol. The quantitative estimate of drug-likeness (QED) is 0.255. The molecule has 168 valence electrons. The Kier molecular flexibility index (Phi) is 5.57. The summed E-state index contributed by atoms with van der Waals surface area (Å²) in [5.41, 5.74) is 7.50. The predicted octanol–water partition coefficient (Wildman–Crippen LogP) is 7.71. The van der Waals surface area contributed by atoms with E-state index in [-0.39, 0.29) is 0 Å². The lowest BCUT2D eigenvalue weighted by Gasteiger charge is -2.19. The second-order valence-corrected chi connectivity index (χ2v) is 9.88. The third-order valence-corrected chi connectivity index (χ3v) is 6.41. The number of fused-ring (bicyclic) bond motifs is 6. The van der Waals surface area contributed by atoms with Crippen molar-refractivity contribution in [3.05, 3.63) is 78.0 Å². The average molecular weight is 437 g/mol. The number of imidazole rings is 1. The van der Waals surface area contributed by atoms with Gasteiger partial charge in [-0.05, 0) is 65.5 Å². The van der Waals surface area contributed by atoms with E-state index in [2.05, 4.69) is 92.9 Å². The zero-order chi connectivity index (χ0) is 23.1. The molecule has 0 saturated carbocycles. The van der Waals surface area contributed by atoms with E-state index in [1.54, 1.807) is 7.11 Å². The molecule has 2 heterocycles. The molecule has 0 saturated heterocycles. The fourth-order valence-corrected chi connectivity index (χ4v) is 5.13. The van der Waals surface area contributed by atoms with E-state index in [0.717, 1.165) is 29.6 Å². The van der Waals surface area contributed by atoms with Gasteiger partial charge in [0.1, 0.15) is 11.4 Å². The Morgan fingerprint density at radius 2 is 1.48 bits per heavy atom. The van der Waals surface area contributed by atoms with E-state index in [1.807, 2.05) is 6.07 Å². The maximum absolute atomic E-state index is 5.56. The first-order valence-corrected chi connectivity index (χ1v) is 11.9. The molecule has 5 rings (SSSR count). The van der Waals surface area contributed by atoms with Crippen LogP contribution in [-0.2, 0) is 12.8 Å². The number of hydrogen-bond donors (Lipinski definition) is 0. The van der Waals surface area contributed by atoms with Crippen molar-refractivity contribution < 1.29 is 4.74 Å². The topological polar surface area (TPSA) is 26.5 Å². The molecule has 0 amide bonds. The van der Waals surface area contributed by atoms with E-state index in [9.17, 15) is 0 Å². The molecule has 0 spiro atoms. The summed E-state index contributed by atoms with van der Waals surface area (Å²) < 4.78 is 7.92. The van der Waals surface area contributed by atoms with E-state index in [1.165, 1.54) is 38.7 Å². The largest absolute Gasteiger partial charge is 0.497 e. The highest BCUT2D eigenvalue weighted by Gasteiger charge is 2.20. The van der Waals surface area contributed by atoms with E-state index >= 15 is 0 Å². The van der Waals surface area contributed by atoms with E-state index in [0.29, 0.717) is 11.8 Å². The van der Waals surface area contributed by atoms with Crippen LogP contribution in [0.3, 0.4) is 0 Å². The molecular weight excluding hydrogens is 404 g/mol. The van der Waals surface area contributed by atoms with Gasteiger partial charge in [-0.15, -0.1) is 0 Å². The van der Waals surface area contributed by atoms with Crippen molar-refractivity contribution in [1.82, 2.24) is 9.38 Å². The second kappa shape index (κ2) is 8.55. The van der Waals surface area contributed by atoms with Crippen LogP contribution in [0.1, 0.15) is 38.8 Å². The molecule has 3 nitrogen and oxygen atoms in total. The van der Waals surface area contributed by atoms with Crippen molar-refractivity contribution in [2.75, 3.05) is 7.11 Å². The van der Waals surface area contributed by atoms with Gasteiger partial charge >= 0.3 is 0 Å². The smallest absolute Gasteiger partial charge is 0.145 e. The third-order valence-electron chi connectivity index (χ3n) is 6.41. The van der Waals surface area contributed by atoms with Gasteiger partial charge in [0.05, 0.1) is 24.5 Å². The van der Waals surface area contributed by atoms with Crippen molar-refractivity contribution in [3.8, 4) is 17.0 Å². The lowest BCUT2D eigenvalue weighted by atomic mass is 9.89. The molecule has 0 aliphatic heterocycles. The van der Waals surface area contributed by atoms with Crippen molar-refractivity contribution in [3.63, 3.8) is 0 Å². The summed E-state index contributed by atoms with van der Waals surface area (Å²) >= 11 is 0. The number of pyridine rings is 1. The van der Waals surface area contributed by atoms with Crippen molar-refractivity contribution >= 4 is 27.3 Å². The standard InChI is InChI=1S/C30H32N2O/c1-19(2)15-21-9-8-10-22(16-20(3)4)29(21)28-18-31-30-26-17-23(33-5)13-14-24(26)25-11-6-7-12-27(25)32(28)30/h6-14,17-20H,15-16H2,1-5H3. The monoisotopic (exact) mass is 436 g/mol. The molecule has 0 atom stereocenters. The summed E-state index contributed by atoms with van der Waals surface area (Å²) in [6, 6.07) is 21.8. The molecule has 0 N–H and O–H groups in total. The molecule has 33 heavy (non-hydrogen) atoms. The molecule has 0 radical (unpaired) electrons. The van der Waals surface area contributed by atoms with Crippen LogP contribution < -0.4 is 4.74 Å². The fourth-order valence-electron chi connectivity index (χ4n) is 5.13. The second-order valence-electron chi connectivity index (χ2n) is 9.88. The summed E-state index contributed by atoms with van der Waals surface area (Å²) in [7, 11) is 1.72. The summed E-state index contributed by atoms with van der Waals surface area (Å²) in [4.78, 5) is 5.00. The average Bonchev–Trinajstić information content (AvgIpc) is 3.23. The van der Waals surface area contributed by atoms with Crippen LogP contribution in [0.2, 0.25) is 0 Å². The zero-order valence-corrected chi connectivity index (χ0v) is 20.2.